The highest BCUT2D eigenvalue weighted by Crippen LogP contribution is 2.35. The van der Waals surface area contributed by atoms with E-state index in [-0.39, 0.29) is 11.3 Å². The molecule has 0 bridgehead atoms. The smallest absolute Gasteiger partial charge is 0.414 e. The lowest BCUT2D eigenvalue weighted by molar-refractivity contribution is 0.0588. The van der Waals surface area contributed by atoms with Crippen molar-refractivity contribution in [2.24, 2.45) is 0 Å². The molecule has 0 radical (unpaired) electrons. The van der Waals surface area contributed by atoms with Gasteiger partial charge in [-0.25, -0.2) is 14.0 Å². The summed E-state index contributed by atoms with van der Waals surface area (Å²) >= 11 is 7.31. The largest absolute Gasteiger partial charge is 0.465 e. The number of hydrogen-bond donors (Lipinski definition) is 0. The zero-order chi connectivity index (χ0) is 20.4. The Morgan fingerprint density at radius 2 is 1.93 bits per heavy atom. The third-order valence-electron chi connectivity index (χ3n) is 3.60. The van der Waals surface area contributed by atoms with Gasteiger partial charge in [0.1, 0.15) is 16.3 Å². The van der Waals surface area contributed by atoms with Gasteiger partial charge in [0.2, 0.25) is 0 Å². The number of nitrogens with zero attached hydrogens (tertiary/aromatic N) is 1. The Morgan fingerprint density at radius 3 is 2.52 bits per heavy atom. The van der Waals surface area contributed by atoms with Crippen LogP contribution in [0.3, 0.4) is 0 Å². The topological polar surface area (TPSA) is 55.8 Å². The summed E-state index contributed by atoms with van der Waals surface area (Å²) in [6.45, 7) is 5.25. The minimum absolute atomic E-state index is 0.243. The van der Waals surface area contributed by atoms with Gasteiger partial charge in [0.05, 0.1) is 12.8 Å². The third-order valence-corrected chi connectivity index (χ3v) is 4.97. The number of rotatable bonds is 4. The van der Waals surface area contributed by atoms with E-state index in [9.17, 15) is 14.0 Å². The van der Waals surface area contributed by atoms with Gasteiger partial charge in [0, 0.05) is 18.5 Å². The van der Waals surface area contributed by atoms with Crippen LogP contribution in [0.2, 0.25) is 5.02 Å². The molecule has 2 rings (SSSR count). The maximum Gasteiger partial charge on any atom is 0.414 e. The van der Waals surface area contributed by atoms with E-state index in [1.165, 1.54) is 37.3 Å². The van der Waals surface area contributed by atoms with Crippen LogP contribution >= 0.6 is 22.9 Å². The van der Waals surface area contributed by atoms with Gasteiger partial charge in [-0.3, -0.25) is 4.90 Å². The molecule has 0 aliphatic rings. The molecule has 0 saturated carbocycles. The number of halogens is 2. The van der Waals surface area contributed by atoms with Crippen molar-refractivity contribution in [3.8, 4) is 0 Å². The van der Waals surface area contributed by atoms with E-state index in [4.69, 9.17) is 21.1 Å². The molecule has 5 nitrogen and oxygen atoms in total. The number of benzene rings is 1. The highest BCUT2D eigenvalue weighted by Gasteiger charge is 2.28. The molecule has 0 unspecified atom stereocenters. The average Bonchev–Trinajstić information content (AvgIpc) is 2.98. The van der Waals surface area contributed by atoms with Gasteiger partial charge in [0.25, 0.3) is 0 Å². The molecule has 1 aromatic heterocycles. The lowest BCUT2D eigenvalue weighted by Crippen LogP contribution is -2.35. The fourth-order valence-corrected chi connectivity index (χ4v) is 3.62. The molecule has 8 heteroatoms. The Kier molecular flexibility index (Phi) is 6.49. The van der Waals surface area contributed by atoms with Crippen LogP contribution in [-0.2, 0) is 15.9 Å². The second-order valence-corrected chi connectivity index (χ2v) is 8.17. The molecule has 0 N–H and O–H groups in total. The summed E-state index contributed by atoms with van der Waals surface area (Å²) in [4.78, 5) is 26.2. The van der Waals surface area contributed by atoms with Crippen LogP contribution in [0.5, 0.6) is 0 Å². The molecular weight excluding hydrogens is 393 g/mol. The molecule has 27 heavy (non-hydrogen) atoms. The van der Waals surface area contributed by atoms with Gasteiger partial charge < -0.3 is 9.47 Å². The predicted octanol–water partition coefficient (Wildman–Crippen LogP) is 5.29. The van der Waals surface area contributed by atoms with Crippen LogP contribution in [0.15, 0.2) is 23.6 Å². The van der Waals surface area contributed by atoms with Crippen molar-refractivity contribution >= 4 is 40.7 Å². The number of methoxy groups -OCH3 is 1. The minimum atomic E-state index is -0.696. The number of carbonyl (C=O) groups excluding carboxylic acids is 2. The Balaban J connectivity index is 2.46. The van der Waals surface area contributed by atoms with Gasteiger partial charge in [-0.05, 0) is 55.5 Å². The first-order chi connectivity index (χ1) is 12.5. The fourth-order valence-electron chi connectivity index (χ4n) is 2.42. The SMILES string of the molecule is COC(=O)c1scc(Cc2cc(F)ccc2Cl)c1N(C)C(=O)OC(C)(C)C. The average molecular weight is 414 g/mol. The molecule has 0 aliphatic carbocycles. The molecule has 0 aliphatic heterocycles. The standard InChI is InChI=1S/C19H21ClFNO4S/c1-19(2,3)26-18(24)22(4)15-12(10-27-16(15)17(23)25-5)8-11-9-13(21)6-7-14(11)20/h6-7,9-10H,8H2,1-5H3. The molecule has 1 aromatic carbocycles. The van der Waals surface area contributed by atoms with Crippen molar-refractivity contribution in [3.63, 3.8) is 0 Å². The summed E-state index contributed by atoms with van der Waals surface area (Å²) < 4.78 is 23.8. The van der Waals surface area contributed by atoms with E-state index in [2.05, 4.69) is 0 Å². The Hall–Kier alpha value is -2.12. The molecule has 1 heterocycles. The number of hydrogen-bond acceptors (Lipinski definition) is 5. The molecule has 0 fully saturated rings. The second kappa shape index (κ2) is 8.27. The van der Waals surface area contributed by atoms with Crippen LogP contribution in [-0.4, -0.2) is 31.8 Å². The summed E-state index contributed by atoms with van der Waals surface area (Å²) in [5.41, 5.74) is 0.853. The van der Waals surface area contributed by atoms with Crippen molar-refractivity contribution in [2.45, 2.75) is 32.8 Å². The highest BCUT2D eigenvalue weighted by atomic mass is 35.5. The van der Waals surface area contributed by atoms with E-state index in [0.29, 0.717) is 21.8 Å². The normalized spacial score (nSPS) is 11.2. The maximum absolute atomic E-state index is 13.6. The monoisotopic (exact) mass is 413 g/mol. The van der Waals surface area contributed by atoms with Crippen molar-refractivity contribution in [1.82, 2.24) is 0 Å². The number of ether oxygens (including phenoxy) is 2. The Morgan fingerprint density at radius 1 is 1.26 bits per heavy atom. The van der Waals surface area contributed by atoms with Crippen LogP contribution < -0.4 is 4.90 Å². The fraction of sp³-hybridized carbons (Fsp3) is 0.368. The lowest BCUT2D eigenvalue weighted by Gasteiger charge is -2.25. The van der Waals surface area contributed by atoms with Crippen molar-refractivity contribution < 1.29 is 23.5 Å². The van der Waals surface area contributed by atoms with Gasteiger partial charge in [-0.2, -0.15) is 0 Å². The number of amides is 1. The van der Waals surface area contributed by atoms with E-state index in [1.807, 2.05) is 0 Å². The van der Waals surface area contributed by atoms with Crippen molar-refractivity contribution in [1.29, 1.82) is 0 Å². The van der Waals surface area contributed by atoms with Crippen LogP contribution in [0.4, 0.5) is 14.9 Å². The zero-order valence-corrected chi connectivity index (χ0v) is 17.3. The van der Waals surface area contributed by atoms with Crippen LogP contribution in [0.1, 0.15) is 41.6 Å². The van der Waals surface area contributed by atoms with Crippen LogP contribution in [0.25, 0.3) is 0 Å². The number of esters is 1. The summed E-state index contributed by atoms with van der Waals surface area (Å²) in [5.74, 6) is -0.984. The zero-order valence-electron chi connectivity index (χ0n) is 15.8. The predicted molar refractivity (Wildman–Crippen MR) is 105 cm³/mol. The minimum Gasteiger partial charge on any atom is -0.465 e. The van der Waals surface area contributed by atoms with E-state index >= 15 is 0 Å². The summed E-state index contributed by atoms with van der Waals surface area (Å²) in [5, 5.41) is 2.12. The molecule has 0 saturated heterocycles. The molecule has 146 valence electrons. The van der Waals surface area contributed by atoms with E-state index < -0.39 is 23.5 Å². The van der Waals surface area contributed by atoms with Gasteiger partial charge in [-0.1, -0.05) is 11.6 Å². The molecule has 2 aromatic rings. The molecule has 0 spiro atoms. The Labute approximate surface area is 166 Å². The number of carbonyl (C=O) groups is 2. The molecule has 1 amide bonds. The first-order valence-corrected chi connectivity index (χ1v) is 9.38. The van der Waals surface area contributed by atoms with Gasteiger partial charge >= 0.3 is 12.1 Å². The number of anilines is 1. The summed E-state index contributed by atoms with van der Waals surface area (Å²) in [7, 11) is 2.78. The quantitative estimate of drug-likeness (QED) is 0.639. The van der Waals surface area contributed by atoms with Gasteiger partial charge in [-0.15, -0.1) is 11.3 Å². The highest BCUT2D eigenvalue weighted by molar-refractivity contribution is 7.12. The van der Waals surface area contributed by atoms with Crippen molar-refractivity contribution in [2.75, 3.05) is 19.1 Å². The molecular formula is C19H21ClFNO4S. The van der Waals surface area contributed by atoms with Crippen LogP contribution in [0, 0.1) is 5.82 Å². The summed E-state index contributed by atoms with van der Waals surface area (Å²) in [6, 6.07) is 4.07. The van der Waals surface area contributed by atoms with E-state index in [1.54, 1.807) is 26.2 Å². The Bertz CT molecular complexity index is 860. The first kappa shape index (κ1) is 21.2. The second-order valence-electron chi connectivity index (χ2n) is 6.88. The first-order valence-electron chi connectivity index (χ1n) is 8.12. The van der Waals surface area contributed by atoms with Crippen molar-refractivity contribution in [3.05, 3.63) is 50.4 Å². The summed E-state index contributed by atoms with van der Waals surface area (Å²) in [6.07, 6.45) is -0.371. The maximum atomic E-state index is 13.6. The number of thiophene rings is 1. The third kappa shape index (κ3) is 5.20. The molecule has 0 atom stereocenters. The van der Waals surface area contributed by atoms with Gasteiger partial charge in [0.15, 0.2) is 0 Å². The van der Waals surface area contributed by atoms with E-state index in [0.717, 1.165) is 11.3 Å². The lowest BCUT2D eigenvalue weighted by atomic mass is 10.0.